The largest absolute Gasteiger partial charge is 0.389 e. The first-order valence-electron chi connectivity index (χ1n) is 3.52. The highest BCUT2D eigenvalue weighted by atomic mass is 19.4. The molecule has 0 aromatic rings. The Morgan fingerprint density at radius 3 is 2.27 bits per heavy atom. The Hall–Kier alpha value is -0.290. The summed E-state index contributed by atoms with van der Waals surface area (Å²) < 4.78 is 34.7. The Balaban J connectivity index is 3.28. The van der Waals surface area contributed by atoms with Crippen LogP contribution in [0.1, 0.15) is 19.8 Å². The van der Waals surface area contributed by atoms with E-state index < -0.39 is 12.6 Å². The zero-order valence-corrected chi connectivity index (χ0v) is 6.49. The van der Waals surface area contributed by atoms with Crippen molar-refractivity contribution in [3.63, 3.8) is 0 Å². The molecule has 0 saturated carbocycles. The van der Waals surface area contributed by atoms with E-state index in [1.54, 1.807) is 6.92 Å². The minimum absolute atomic E-state index is 0.0772. The highest BCUT2D eigenvalue weighted by molar-refractivity contribution is 4.53. The Labute approximate surface area is 64.1 Å². The number of nitrogens with two attached hydrogens (primary N) is 1. The first kappa shape index (κ1) is 10.7. The van der Waals surface area contributed by atoms with Crippen LogP contribution in [0.5, 0.6) is 0 Å². The summed E-state index contributed by atoms with van der Waals surface area (Å²) >= 11 is 0. The number of alkyl halides is 3. The third-order valence-corrected chi connectivity index (χ3v) is 1.31. The van der Waals surface area contributed by atoms with Gasteiger partial charge in [-0.3, -0.25) is 5.84 Å². The maximum absolute atomic E-state index is 11.6. The molecule has 0 heterocycles. The molecule has 5 heteroatoms. The zero-order chi connectivity index (χ0) is 8.91. The Kier molecular flexibility index (Phi) is 4.44. The van der Waals surface area contributed by atoms with Gasteiger partial charge in [0.2, 0.25) is 0 Å². The van der Waals surface area contributed by atoms with Gasteiger partial charge in [0.05, 0.1) is 0 Å². The van der Waals surface area contributed by atoms with Crippen molar-refractivity contribution in [2.75, 3.05) is 13.1 Å². The molecule has 2 nitrogen and oxygen atoms in total. The second kappa shape index (κ2) is 4.56. The quantitative estimate of drug-likeness (QED) is 0.512. The van der Waals surface area contributed by atoms with Crippen LogP contribution >= 0.6 is 0 Å². The second-order valence-corrected chi connectivity index (χ2v) is 2.35. The Bertz CT molecular complexity index is 102. The van der Waals surface area contributed by atoms with Gasteiger partial charge < -0.3 is 0 Å². The van der Waals surface area contributed by atoms with E-state index in [2.05, 4.69) is 0 Å². The smallest absolute Gasteiger partial charge is 0.269 e. The zero-order valence-electron chi connectivity index (χ0n) is 6.49. The third-order valence-electron chi connectivity index (χ3n) is 1.31. The number of hydrogen-bond acceptors (Lipinski definition) is 2. The topological polar surface area (TPSA) is 29.3 Å². The van der Waals surface area contributed by atoms with Crippen LogP contribution in [0.2, 0.25) is 0 Å². The van der Waals surface area contributed by atoms with Gasteiger partial charge in [0.1, 0.15) is 0 Å². The van der Waals surface area contributed by atoms with Crippen molar-refractivity contribution in [3.05, 3.63) is 0 Å². The molecule has 0 aromatic carbocycles. The molecule has 68 valence electrons. The molecule has 0 fully saturated rings. The van der Waals surface area contributed by atoms with E-state index in [0.717, 1.165) is 0 Å². The van der Waals surface area contributed by atoms with E-state index in [1.165, 1.54) is 5.01 Å². The molecule has 2 N–H and O–H groups in total. The monoisotopic (exact) mass is 170 g/mol. The molecule has 0 aliphatic rings. The molecule has 0 atom stereocenters. The summed E-state index contributed by atoms with van der Waals surface area (Å²) in [6.45, 7) is 2.68. The summed E-state index contributed by atoms with van der Waals surface area (Å²) in [5.74, 6) is 5.27. The fourth-order valence-electron chi connectivity index (χ4n) is 0.641. The minimum atomic E-state index is -4.05. The molecular weight excluding hydrogens is 157 g/mol. The minimum Gasteiger partial charge on any atom is -0.269 e. The molecule has 0 aliphatic heterocycles. The van der Waals surface area contributed by atoms with Crippen molar-refractivity contribution in [3.8, 4) is 0 Å². The van der Waals surface area contributed by atoms with Gasteiger partial charge in [-0.1, -0.05) is 6.92 Å². The van der Waals surface area contributed by atoms with Crippen LogP contribution in [0.4, 0.5) is 13.2 Å². The maximum atomic E-state index is 11.6. The Morgan fingerprint density at radius 2 is 1.91 bits per heavy atom. The average Bonchev–Trinajstić information content (AvgIpc) is 1.85. The summed E-state index contributed by atoms with van der Waals surface area (Å²) in [5.41, 5.74) is 0. The van der Waals surface area contributed by atoms with Crippen molar-refractivity contribution < 1.29 is 13.2 Å². The lowest BCUT2D eigenvalue weighted by atomic mass is 10.3. The average molecular weight is 170 g/mol. The van der Waals surface area contributed by atoms with Gasteiger partial charge in [0, 0.05) is 19.5 Å². The van der Waals surface area contributed by atoms with Crippen LogP contribution < -0.4 is 5.84 Å². The van der Waals surface area contributed by atoms with Crippen LogP contribution in [-0.4, -0.2) is 24.3 Å². The molecule has 11 heavy (non-hydrogen) atoms. The first-order valence-corrected chi connectivity index (χ1v) is 3.52. The van der Waals surface area contributed by atoms with E-state index in [1.807, 2.05) is 0 Å². The molecule has 0 aromatic heterocycles. The molecule has 0 aliphatic carbocycles. The van der Waals surface area contributed by atoms with E-state index in [4.69, 9.17) is 5.84 Å². The summed E-state index contributed by atoms with van der Waals surface area (Å²) in [5, 5.41) is 1.37. The normalized spacial score (nSPS) is 12.5. The predicted molar refractivity (Wildman–Crippen MR) is 36.7 cm³/mol. The number of nitrogens with zero attached hydrogens (tertiary/aromatic N) is 1. The summed E-state index contributed by atoms with van der Waals surface area (Å²) in [6, 6.07) is 0. The van der Waals surface area contributed by atoms with Gasteiger partial charge in [0.15, 0.2) is 0 Å². The Morgan fingerprint density at radius 1 is 1.36 bits per heavy atom. The van der Waals surface area contributed by atoms with Crippen molar-refractivity contribution in [1.29, 1.82) is 0 Å². The number of hydrazine groups is 1. The lowest BCUT2D eigenvalue weighted by molar-refractivity contribution is -0.136. The van der Waals surface area contributed by atoms with Crippen LogP contribution in [0, 0.1) is 0 Å². The van der Waals surface area contributed by atoms with Crippen molar-refractivity contribution in [1.82, 2.24) is 5.01 Å². The molecule has 0 radical (unpaired) electrons. The number of hydrogen-bond donors (Lipinski definition) is 1. The SMILES string of the molecule is CCN(N)CCCC(F)(F)F. The van der Waals surface area contributed by atoms with E-state index in [9.17, 15) is 13.2 Å². The molecule has 0 saturated heterocycles. The molecule has 0 rings (SSSR count). The molecule has 0 amide bonds. The molecule has 0 spiro atoms. The van der Waals surface area contributed by atoms with Crippen LogP contribution in [0.3, 0.4) is 0 Å². The van der Waals surface area contributed by atoms with Gasteiger partial charge in [0.25, 0.3) is 0 Å². The third kappa shape index (κ3) is 7.61. The van der Waals surface area contributed by atoms with Gasteiger partial charge in [-0.2, -0.15) is 13.2 Å². The maximum Gasteiger partial charge on any atom is 0.389 e. The fourth-order valence-corrected chi connectivity index (χ4v) is 0.641. The summed E-state index contributed by atoms with van der Waals surface area (Å²) in [6.07, 6.45) is -4.72. The van der Waals surface area contributed by atoms with Gasteiger partial charge in [-0.15, -0.1) is 0 Å². The van der Waals surface area contributed by atoms with Crippen LogP contribution in [0.25, 0.3) is 0 Å². The molecule has 0 bridgehead atoms. The van der Waals surface area contributed by atoms with Crippen LogP contribution in [-0.2, 0) is 0 Å². The van der Waals surface area contributed by atoms with Crippen molar-refractivity contribution in [2.24, 2.45) is 5.84 Å². The van der Waals surface area contributed by atoms with Crippen molar-refractivity contribution in [2.45, 2.75) is 25.9 Å². The van der Waals surface area contributed by atoms with Gasteiger partial charge in [-0.25, -0.2) is 5.01 Å². The van der Waals surface area contributed by atoms with Gasteiger partial charge in [-0.05, 0) is 6.42 Å². The second-order valence-electron chi connectivity index (χ2n) is 2.35. The highest BCUT2D eigenvalue weighted by Gasteiger charge is 2.26. The summed E-state index contributed by atoms with van der Waals surface area (Å²) in [4.78, 5) is 0. The van der Waals surface area contributed by atoms with E-state index in [0.29, 0.717) is 13.1 Å². The van der Waals surface area contributed by atoms with E-state index in [-0.39, 0.29) is 6.42 Å². The predicted octanol–water partition coefficient (Wildman–Crippen LogP) is 1.52. The lowest BCUT2D eigenvalue weighted by Gasteiger charge is -2.13. The van der Waals surface area contributed by atoms with Crippen molar-refractivity contribution >= 4 is 0 Å². The van der Waals surface area contributed by atoms with E-state index >= 15 is 0 Å². The highest BCUT2D eigenvalue weighted by Crippen LogP contribution is 2.20. The molecule has 0 unspecified atom stereocenters. The standard InChI is InChI=1S/C6H13F3N2/c1-2-11(10)5-3-4-6(7,8)9/h2-5,10H2,1H3. The number of rotatable bonds is 4. The number of halogens is 3. The lowest BCUT2D eigenvalue weighted by Crippen LogP contribution is -2.32. The first-order chi connectivity index (χ1) is 4.95. The van der Waals surface area contributed by atoms with Gasteiger partial charge >= 0.3 is 6.18 Å². The van der Waals surface area contributed by atoms with Crippen LogP contribution in [0.15, 0.2) is 0 Å². The summed E-state index contributed by atoms with van der Waals surface area (Å²) in [7, 11) is 0. The molecular formula is C6H13F3N2. The fraction of sp³-hybridized carbons (Fsp3) is 1.00.